The highest BCUT2D eigenvalue weighted by Gasteiger charge is 1.85. The molecular formula is C12H10N2. The van der Waals surface area contributed by atoms with Crippen molar-refractivity contribution >= 4 is 10.9 Å². The highest BCUT2D eigenvalue weighted by Crippen LogP contribution is 2.04. The van der Waals surface area contributed by atoms with Gasteiger partial charge in [-0.2, -0.15) is 10.2 Å². The van der Waals surface area contributed by atoms with E-state index in [0.29, 0.717) is 0 Å². The normalized spacial score (nSPS) is 9.43. The predicted molar refractivity (Wildman–Crippen MR) is 57.2 cm³/mol. The maximum absolute atomic E-state index is 4.05. The van der Waals surface area contributed by atoms with Crippen LogP contribution in [0.5, 0.6) is 0 Å². The van der Waals surface area contributed by atoms with Crippen LogP contribution in [-0.2, 0) is 0 Å². The van der Waals surface area contributed by atoms with Crippen LogP contribution in [0.4, 0.5) is 0 Å². The van der Waals surface area contributed by atoms with Crippen molar-refractivity contribution in [3.05, 3.63) is 60.8 Å². The molecule has 0 aliphatic carbocycles. The molecule has 14 heavy (non-hydrogen) atoms. The average molecular weight is 182 g/mol. The van der Waals surface area contributed by atoms with Gasteiger partial charge in [0.2, 0.25) is 0 Å². The van der Waals surface area contributed by atoms with Gasteiger partial charge >= 0.3 is 0 Å². The van der Waals surface area contributed by atoms with E-state index in [-0.39, 0.29) is 0 Å². The van der Waals surface area contributed by atoms with Gasteiger partial charge in [0.25, 0.3) is 0 Å². The zero-order valence-electron chi connectivity index (χ0n) is 7.67. The SMILES string of the molecule is c1ccccc2nnccc2ccc1. The van der Waals surface area contributed by atoms with Crippen molar-refractivity contribution in [1.82, 2.24) is 10.2 Å². The Morgan fingerprint density at radius 2 is 1.43 bits per heavy atom. The summed E-state index contributed by atoms with van der Waals surface area (Å²) in [6.07, 6.45) is 1.70. The summed E-state index contributed by atoms with van der Waals surface area (Å²) in [6, 6.07) is 17.8. The molecule has 0 unspecified atom stereocenters. The highest BCUT2D eigenvalue weighted by molar-refractivity contribution is 5.75. The van der Waals surface area contributed by atoms with Gasteiger partial charge < -0.3 is 0 Å². The van der Waals surface area contributed by atoms with Gasteiger partial charge in [-0.1, -0.05) is 42.5 Å². The molecule has 0 bridgehead atoms. The molecule has 0 saturated heterocycles. The molecule has 2 heteroatoms. The van der Waals surface area contributed by atoms with E-state index in [1.165, 1.54) is 0 Å². The Labute approximate surface area is 82.6 Å². The van der Waals surface area contributed by atoms with Crippen LogP contribution in [0.15, 0.2) is 60.8 Å². The van der Waals surface area contributed by atoms with Crippen molar-refractivity contribution in [2.45, 2.75) is 0 Å². The first-order chi connectivity index (χ1) is 6.97. The fourth-order valence-corrected chi connectivity index (χ4v) is 1.19. The fraction of sp³-hybridized carbons (Fsp3) is 0. The number of fused-ring (bicyclic) bond motifs is 1. The van der Waals surface area contributed by atoms with Crippen LogP contribution >= 0.6 is 0 Å². The largest absolute Gasteiger partial charge is 0.159 e. The van der Waals surface area contributed by atoms with E-state index in [2.05, 4.69) is 10.2 Å². The molecule has 0 fully saturated rings. The smallest absolute Gasteiger partial charge is 0.0929 e. The van der Waals surface area contributed by atoms with E-state index in [1.54, 1.807) is 6.20 Å². The minimum atomic E-state index is 0.892. The van der Waals surface area contributed by atoms with Gasteiger partial charge in [-0.25, -0.2) is 0 Å². The summed E-state index contributed by atoms with van der Waals surface area (Å²) in [7, 11) is 0. The summed E-state index contributed by atoms with van der Waals surface area (Å²) in [6.45, 7) is 0. The van der Waals surface area contributed by atoms with Gasteiger partial charge in [-0.15, -0.1) is 0 Å². The molecule has 0 amide bonds. The Kier molecular flexibility index (Phi) is 2.67. The lowest BCUT2D eigenvalue weighted by Crippen LogP contribution is -1.78. The van der Waals surface area contributed by atoms with Crippen LogP contribution in [0.2, 0.25) is 0 Å². The number of hydrogen-bond donors (Lipinski definition) is 0. The van der Waals surface area contributed by atoms with Crippen molar-refractivity contribution < 1.29 is 0 Å². The second kappa shape index (κ2) is 4.33. The molecule has 0 spiro atoms. The van der Waals surface area contributed by atoms with Crippen LogP contribution in [-0.4, -0.2) is 10.2 Å². The molecule has 2 aromatic rings. The third-order valence-electron chi connectivity index (χ3n) is 1.87. The molecule has 1 aromatic heterocycles. The Morgan fingerprint density at radius 3 is 2.29 bits per heavy atom. The monoisotopic (exact) mass is 182 g/mol. The van der Waals surface area contributed by atoms with E-state index in [0.717, 1.165) is 10.9 Å². The number of hydrogen-bond acceptors (Lipinski definition) is 2. The molecule has 0 saturated carbocycles. The number of aromatic nitrogens is 2. The summed E-state index contributed by atoms with van der Waals surface area (Å²) in [5, 5.41) is 8.97. The van der Waals surface area contributed by atoms with Crippen molar-refractivity contribution in [2.75, 3.05) is 0 Å². The molecule has 1 heterocycles. The maximum Gasteiger partial charge on any atom is 0.0929 e. The van der Waals surface area contributed by atoms with E-state index >= 15 is 0 Å². The van der Waals surface area contributed by atoms with Gasteiger partial charge in [0.15, 0.2) is 0 Å². The minimum Gasteiger partial charge on any atom is -0.159 e. The third kappa shape index (κ3) is 2.04. The molecule has 2 rings (SSSR count). The quantitative estimate of drug-likeness (QED) is 0.626. The van der Waals surface area contributed by atoms with Crippen LogP contribution in [0, 0.1) is 0 Å². The molecule has 0 radical (unpaired) electrons. The second-order valence-corrected chi connectivity index (χ2v) is 2.86. The van der Waals surface area contributed by atoms with Crippen molar-refractivity contribution in [3.8, 4) is 0 Å². The Morgan fingerprint density at radius 1 is 0.714 bits per heavy atom. The summed E-state index contributed by atoms with van der Waals surface area (Å²) < 4.78 is 0. The summed E-state index contributed by atoms with van der Waals surface area (Å²) >= 11 is 0. The van der Waals surface area contributed by atoms with E-state index in [4.69, 9.17) is 0 Å². The van der Waals surface area contributed by atoms with Crippen LogP contribution < -0.4 is 0 Å². The highest BCUT2D eigenvalue weighted by atomic mass is 15.1. The first kappa shape index (κ1) is 8.63. The maximum atomic E-state index is 4.05. The summed E-state index contributed by atoms with van der Waals surface area (Å²) in [4.78, 5) is 0. The Balaban J connectivity index is 2.76. The van der Waals surface area contributed by atoms with Gasteiger partial charge in [0.1, 0.15) is 0 Å². The molecule has 0 N–H and O–H groups in total. The number of nitrogens with zero attached hydrogens (tertiary/aromatic N) is 2. The Bertz CT molecular complexity index is 433. The lowest BCUT2D eigenvalue weighted by atomic mass is 10.3. The molecule has 0 aliphatic heterocycles. The van der Waals surface area contributed by atoms with E-state index in [9.17, 15) is 0 Å². The Hall–Kier alpha value is -1.96. The second-order valence-electron chi connectivity index (χ2n) is 2.86. The van der Waals surface area contributed by atoms with Gasteiger partial charge in [0.05, 0.1) is 11.7 Å². The molecular weight excluding hydrogens is 172 g/mol. The van der Waals surface area contributed by atoms with Crippen LogP contribution in [0.25, 0.3) is 10.9 Å². The van der Waals surface area contributed by atoms with Crippen molar-refractivity contribution in [2.24, 2.45) is 0 Å². The molecule has 2 nitrogen and oxygen atoms in total. The molecule has 68 valence electrons. The zero-order valence-corrected chi connectivity index (χ0v) is 7.67. The zero-order chi connectivity index (χ0) is 9.64. The van der Waals surface area contributed by atoms with Gasteiger partial charge in [-0.3, -0.25) is 0 Å². The first-order valence-electron chi connectivity index (χ1n) is 4.46. The fourth-order valence-electron chi connectivity index (χ4n) is 1.19. The van der Waals surface area contributed by atoms with Gasteiger partial charge in [-0.05, 0) is 12.1 Å². The van der Waals surface area contributed by atoms with Crippen molar-refractivity contribution in [3.63, 3.8) is 0 Å². The molecule has 0 atom stereocenters. The van der Waals surface area contributed by atoms with Crippen molar-refractivity contribution in [1.29, 1.82) is 0 Å². The predicted octanol–water partition coefficient (Wildman–Crippen LogP) is 2.75. The third-order valence-corrected chi connectivity index (χ3v) is 1.87. The number of rotatable bonds is 0. The van der Waals surface area contributed by atoms with E-state index in [1.807, 2.05) is 54.6 Å². The lowest BCUT2D eigenvalue weighted by molar-refractivity contribution is 1.08. The lowest BCUT2D eigenvalue weighted by Gasteiger charge is -1.88. The molecule has 0 aliphatic rings. The van der Waals surface area contributed by atoms with Gasteiger partial charge in [0, 0.05) is 5.39 Å². The average Bonchev–Trinajstić information content (AvgIpc) is 2.25. The van der Waals surface area contributed by atoms with Crippen LogP contribution in [0.1, 0.15) is 0 Å². The minimum absolute atomic E-state index is 0.892. The summed E-state index contributed by atoms with van der Waals surface area (Å²) in [5.74, 6) is 0. The first-order valence-corrected chi connectivity index (χ1v) is 4.46. The topological polar surface area (TPSA) is 25.8 Å². The van der Waals surface area contributed by atoms with E-state index < -0.39 is 0 Å². The summed E-state index contributed by atoms with van der Waals surface area (Å²) in [5.41, 5.74) is 0.892. The molecule has 1 aromatic carbocycles. The standard InChI is InChI=1S/C12H10N2/c1-2-4-6-8-12-11(7-5-3-1)9-10-13-14-12/h1-10H. The van der Waals surface area contributed by atoms with Crippen LogP contribution in [0.3, 0.4) is 0 Å².